The van der Waals surface area contributed by atoms with E-state index in [0.29, 0.717) is 28.1 Å². The normalized spacial score (nSPS) is 38.6. The second kappa shape index (κ2) is 6.92. The minimum atomic E-state index is -0.178. The zero-order valence-corrected chi connectivity index (χ0v) is 18.3. The second-order valence-electron chi connectivity index (χ2n) is 9.37. The first-order chi connectivity index (χ1) is 13.4. The summed E-state index contributed by atoms with van der Waals surface area (Å²) in [6.45, 7) is 3.27. The van der Waals surface area contributed by atoms with Crippen LogP contribution in [0.4, 0.5) is 4.79 Å². The fourth-order valence-electron chi connectivity index (χ4n) is 6.41. The summed E-state index contributed by atoms with van der Waals surface area (Å²) in [6.07, 6.45) is 9.58. The second-order valence-corrected chi connectivity index (χ2v) is 10.3. The Balaban J connectivity index is 1.23. The van der Waals surface area contributed by atoms with Gasteiger partial charge in [-0.1, -0.05) is 0 Å². The van der Waals surface area contributed by atoms with E-state index in [-0.39, 0.29) is 23.5 Å². The van der Waals surface area contributed by atoms with Gasteiger partial charge in [-0.15, -0.1) is 0 Å². The third-order valence-corrected chi connectivity index (χ3v) is 8.70. The van der Waals surface area contributed by atoms with Gasteiger partial charge in [-0.05, 0) is 68.8 Å². The Labute approximate surface area is 179 Å². The SMILES string of the molecule is Cc1ncc(C2CCN(C(=O)OC3C4CC5CC3CC(C(=O)I)(C5)C4)C2)cn1. The van der Waals surface area contributed by atoms with Crippen LogP contribution < -0.4 is 0 Å². The molecule has 1 amide bonds. The molecular weight excluding hydrogens is 469 g/mol. The van der Waals surface area contributed by atoms with Crippen molar-refractivity contribution in [3.8, 4) is 0 Å². The van der Waals surface area contributed by atoms with Gasteiger partial charge in [0.05, 0.1) is 0 Å². The molecule has 3 atom stereocenters. The summed E-state index contributed by atoms with van der Waals surface area (Å²) in [7, 11) is 0. The molecule has 0 N–H and O–H groups in total. The van der Waals surface area contributed by atoms with Crippen molar-refractivity contribution in [3.05, 3.63) is 23.8 Å². The smallest absolute Gasteiger partial charge is 0.410 e. The first kappa shape index (κ1) is 18.8. The molecule has 5 fully saturated rings. The first-order valence-electron chi connectivity index (χ1n) is 10.4. The Hall–Kier alpha value is -1.25. The summed E-state index contributed by atoms with van der Waals surface area (Å²) in [5, 5.41) is 0. The van der Waals surface area contributed by atoms with Crippen molar-refractivity contribution in [3.63, 3.8) is 0 Å². The van der Waals surface area contributed by atoms with E-state index in [1.54, 1.807) is 0 Å². The Kier molecular flexibility index (Phi) is 4.63. The molecule has 1 aliphatic heterocycles. The number of carbonyl (C=O) groups is 2. The fourth-order valence-corrected chi connectivity index (χ4v) is 7.07. The Morgan fingerprint density at radius 3 is 2.50 bits per heavy atom. The van der Waals surface area contributed by atoms with E-state index >= 15 is 0 Å². The topological polar surface area (TPSA) is 72.4 Å². The molecule has 1 aromatic rings. The number of halogens is 1. The van der Waals surface area contributed by atoms with Gasteiger partial charge in [-0.2, -0.15) is 0 Å². The number of nitrogens with zero attached hydrogens (tertiary/aromatic N) is 3. The third-order valence-electron chi connectivity index (χ3n) is 7.56. The quantitative estimate of drug-likeness (QED) is 0.471. The lowest BCUT2D eigenvalue weighted by Crippen LogP contribution is -2.57. The average Bonchev–Trinajstić information content (AvgIpc) is 3.15. The number of hydrogen-bond acceptors (Lipinski definition) is 5. The maximum atomic E-state index is 12.9. The van der Waals surface area contributed by atoms with Crippen LogP contribution in [0.2, 0.25) is 0 Å². The maximum absolute atomic E-state index is 12.9. The molecule has 5 aliphatic rings. The van der Waals surface area contributed by atoms with Crippen molar-refractivity contribution in [2.45, 2.75) is 57.5 Å². The molecule has 4 bridgehead atoms. The number of likely N-dealkylation sites (tertiary alicyclic amines) is 1. The van der Waals surface area contributed by atoms with Crippen LogP contribution >= 0.6 is 22.6 Å². The summed E-state index contributed by atoms with van der Waals surface area (Å²) in [4.78, 5) is 35.6. The lowest BCUT2D eigenvalue weighted by molar-refractivity contribution is -0.153. The van der Waals surface area contributed by atoms with Gasteiger partial charge < -0.3 is 9.64 Å². The summed E-state index contributed by atoms with van der Waals surface area (Å²) in [5.74, 6) is 2.41. The molecule has 6 rings (SSSR count). The molecule has 4 aliphatic carbocycles. The van der Waals surface area contributed by atoms with Gasteiger partial charge in [0, 0.05) is 59.4 Å². The van der Waals surface area contributed by atoms with Crippen molar-refractivity contribution in [2.24, 2.45) is 23.2 Å². The molecule has 1 aromatic heterocycles. The van der Waals surface area contributed by atoms with E-state index in [1.165, 1.54) is 0 Å². The van der Waals surface area contributed by atoms with Crippen LogP contribution in [-0.4, -0.2) is 43.9 Å². The molecule has 2 heterocycles. The number of aromatic nitrogens is 2. The largest absolute Gasteiger partial charge is 0.446 e. The van der Waals surface area contributed by atoms with E-state index in [4.69, 9.17) is 4.74 Å². The molecular formula is C21H26IN3O3. The standard InChI is InChI=1S/C21H26IN3O3/c1-12-23-9-17(10-24-12)14-2-3-25(11-14)20(27)28-18-15-4-13-5-16(18)8-21(6-13,7-15)19(22)26/h9-10,13-16,18H,2-8,11H2,1H3. The number of amides is 1. The van der Waals surface area contributed by atoms with Gasteiger partial charge in [0.2, 0.25) is 0 Å². The highest BCUT2D eigenvalue weighted by atomic mass is 127. The maximum Gasteiger partial charge on any atom is 0.410 e. The van der Waals surface area contributed by atoms with E-state index in [0.717, 1.165) is 56.5 Å². The van der Waals surface area contributed by atoms with Crippen molar-refractivity contribution in [1.82, 2.24) is 14.9 Å². The van der Waals surface area contributed by atoms with Crippen LogP contribution in [0.5, 0.6) is 0 Å². The van der Waals surface area contributed by atoms with E-state index in [2.05, 4.69) is 9.97 Å². The molecule has 1 saturated heterocycles. The number of aryl methyl sites for hydroxylation is 1. The highest BCUT2D eigenvalue weighted by Gasteiger charge is 2.59. The molecule has 0 spiro atoms. The summed E-state index contributed by atoms with van der Waals surface area (Å²) in [6, 6.07) is 0. The van der Waals surface area contributed by atoms with E-state index in [9.17, 15) is 9.59 Å². The lowest BCUT2D eigenvalue weighted by Gasteiger charge is -2.58. The van der Waals surface area contributed by atoms with E-state index in [1.807, 2.05) is 46.8 Å². The Morgan fingerprint density at radius 1 is 1.18 bits per heavy atom. The fraction of sp³-hybridized carbons (Fsp3) is 0.714. The predicted molar refractivity (Wildman–Crippen MR) is 111 cm³/mol. The number of ether oxygens (including phenoxy) is 1. The van der Waals surface area contributed by atoms with Gasteiger partial charge in [-0.25, -0.2) is 14.8 Å². The third kappa shape index (κ3) is 3.13. The van der Waals surface area contributed by atoms with E-state index < -0.39 is 0 Å². The minimum absolute atomic E-state index is 0.00492. The first-order valence-corrected chi connectivity index (χ1v) is 11.5. The molecule has 150 valence electrons. The van der Waals surface area contributed by atoms with Gasteiger partial charge >= 0.3 is 6.09 Å². The Bertz CT molecular complexity index is 783. The van der Waals surface area contributed by atoms with Crippen molar-refractivity contribution in [1.29, 1.82) is 0 Å². The molecule has 7 heteroatoms. The Morgan fingerprint density at radius 2 is 1.86 bits per heavy atom. The number of hydrogen-bond donors (Lipinski definition) is 0. The number of rotatable bonds is 3. The summed E-state index contributed by atoms with van der Waals surface area (Å²) in [5.41, 5.74) is 0.961. The van der Waals surface area contributed by atoms with Gasteiger partial charge in [0.1, 0.15) is 11.9 Å². The van der Waals surface area contributed by atoms with Crippen LogP contribution in [0.3, 0.4) is 0 Å². The van der Waals surface area contributed by atoms with Crippen LogP contribution in [-0.2, 0) is 9.53 Å². The van der Waals surface area contributed by atoms with Crippen LogP contribution in [0.25, 0.3) is 0 Å². The molecule has 6 nitrogen and oxygen atoms in total. The minimum Gasteiger partial charge on any atom is -0.446 e. The van der Waals surface area contributed by atoms with Crippen LogP contribution in [0.1, 0.15) is 55.8 Å². The zero-order valence-electron chi connectivity index (χ0n) is 16.1. The number of carbonyl (C=O) groups excluding carboxylic acids is 2. The average molecular weight is 495 g/mol. The molecule has 3 unspecified atom stereocenters. The van der Waals surface area contributed by atoms with Gasteiger partial charge in [0.25, 0.3) is 0 Å². The lowest BCUT2D eigenvalue weighted by atomic mass is 9.49. The van der Waals surface area contributed by atoms with Gasteiger partial charge in [-0.3, -0.25) is 4.79 Å². The summed E-state index contributed by atoms with van der Waals surface area (Å²) < 4.78 is 6.40. The van der Waals surface area contributed by atoms with Crippen molar-refractivity contribution < 1.29 is 14.3 Å². The predicted octanol–water partition coefficient (Wildman–Crippen LogP) is 3.87. The molecule has 0 aromatic carbocycles. The molecule has 28 heavy (non-hydrogen) atoms. The monoisotopic (exact) mass is 495 g/mol. The zero-order chi connectivity index (χ0) is 19.5. The van der Waals surface area contributed by atoms with Crippen LogP contribution in [0.15, 0.2) is 12.4 Å². The van der Waals surface area contributed by atoms with Crippen molar-refractivity contribution >= 4 is 32.5 Å². The highest BCUT2D eigenvalue weighted by Crippen LogP contribution is 2.61. The van der Waals surface area contributed by atoms with Crippen molar-refractivity contribution in [2.75, 3.05) is 13.1 Å². The molecule has 0 radical (unpaired) electrons. The summed E-state index contributed by atoms with van der Waals surface area (Å²) >= 11 is 2.00. The highest BCUT2D eigenvalue weighted by molar-refractivity contribution is 14.1. The van der Waals surface area contributed by atoms with Crippen LogP contribution in [0, 0.1) is 30.1 Å². The van der Waals surface area contributed by atoms with Gasteiger partial charge in [0.15, 0.2) is 3.79 Å². The molecule has 4 saturated carbocycles.